The van der Waals surface area contributed by atoms with E-state index in [-0.39, 0.29) is 11.3 Å². The molecule has 146 valence electrons. The molecule has 3 aromatic rings. The van der Waals surface area contributed by atoms with Crippen LogP contribution in [0.5, 0.6) is 0 Å². The van der Waals surface area contributed by atoms with E-state index in [1.807, 2.05) is 61.7 Å². The fraction of sp³-hybridized carbons (Fsp3) is 0.304. The summed E-state index contributed by atoms with van der Waals surface area (Å²) < 4.78 is 1.79. The Morgan fingerprint density at radius 1 is 1.07 bits per heavy atom. The third kappa shape index (κ3) is 4.60. The zero-order valence-electron chi connectivity index (χ0n) is 17.0. The second-order valence-corrected chi connectivity index (χ2v) is 8.17. The van der Waals surface area contributed by atoms with Crippen LogP contribution >= 0.6 is 0 Å². The maximum absolute atomic E-state index is 12.9. The molecule has 0 unspecified atom stereocenters. The minimum Gasteiger partial charge on any atom is -0.399 e. The van der Waals surface area contributed by atoms with Crippen LogP contribution in [0.25, 0.3) is 5.69 Å². The summed E-state index contributed by atoms with van der Waals surface area (Å²) in [7, 11) is 0. The summed E-state index contributed by atoms with van der Waals surface area (Å²) in [5, 5.41) is 7.75. The van der Waals surface area contributed by atoms with Crippen molar-refractivity contribution in [3.8, 4) is 5.69 Å². The van der Waals surface area contributed by atoms with E-state index in [9.17, 15) is 4.79 Å². The molecule has 1 heterocycles. The number of anilines is 1. The number of hydrogen-bond acceptors (Lipinski definition) is 3. The van der Waals surface area contributed by atoms with Crippen LogP contribution in [0.1, 0.15) is 48.0 Å². The molecular weight excluding hydrogens is 348 g/mol. The summed E-state index contributed by atoms with van der Waals surface area (Å²) in [5.41, 5.74) is 10.9. The Kier molecular flexibility index (Phi) is 5.54. The largest absolute Gasteiger partial charge is 0.399 e. The molecule has 1 aromatic heterocycles. The Hall–Kier alpha value is -3.08. The van der Waals surface area contributed by atoms with Gasteiger partial charge in [0.25, 0.3) is 5.91 Å². The number of rotatable bonds is 5. The van der Waals surface area contributed by atoms with Crippen LogP contribution in [0.3, 0.4) is 0 Å². The van der Waals surface area contributed by atoms with Gasteiger partial charge < -0.3 is 11.1 Å². The smallest absolute Gasteiger partial charge is 0.254 e. The molecule has 0 aliphatic carbocycles. The van der Waals surface area contributed by atoms with Gasteiger partial charge in [0.1, 0.15) is 0 Å². The van der Waals surface area contributed by atoms with Crippen molar-refractivity contribution in [3.63, 3.8) is 0 Å². The maximum Gasteiger partial charge on any atom is 0.254 e. The van der Waals surface area contributed by atoms with Crippen LogP contribution in [0.4, 0.5) is 5.69 Å². The van der Waals surface area contributed by atoms with Crippen LogP contribution < -0.4 is 11.1 Å². The molecule has 28 heavy (non-hydrogen) atoms. The number of aryl methyl sites for hydroxylation is 1. The van der Waals surface area contributed by atoms with Gasteiger partial charge in [-0.25, -0.2) is 4.68 Å². The van der Waals surface area contributed by atoms with Gasteiger partial charge in [-0.3, -0.25) is 4.79 Å². The molecule has 5 nitrogen and oxygen atoms in total. The lowest BCUT2D eigenvalue weighted by atomic mass is 9.89. The van der Waals surface area contributed by atoms with E-state index in [4.69, 9.17) is 10.8 Å². The number of nitrogens with one attached hydrogen (secondary N) is 1. The number of aromatic nitrogens is 2. The molecule has 0 fully saturated rings. The number of amides is 1. The number of benzene rings is 2. The molecule has 2 aromatic carbocycles. The van der Waals surface area contributed by atoms with Gasteiger partial charge >= 0.3 is 0 Å². The van der Waals surface area contributed by atoms with E-state index in [0.29, 0.717) is 12.1 Å². The first-order chi connectivity index (χ1) is 13.2. The van der Waals surface area contributed by atoms with Crippen LogP contribution in [0, 0.1) is 6.92 Å². The molecular formula is C23H28N4O. The molecule has 0 saturated carbocycles. The number of nitrogen functional groups attached to an aromatic ring is 1. The van der Waals surface area contributed by atoms with Gasteiger partial charge in [-0.15, -0.1) is 0 Å². The van der Waals surface area contributed by atoms with Crippen molar-refractivity contribution in [3.05, 3.63) is 77.1 Å². The third-order valence-electron chi connectivity index (χ3n) is 4.65. The minimum atomic E-state index is -0.237. The van der Waals surface area contributed by atoms with Crippen LogP contribution in [0.15, 0.2) is 54.7 Å². The molecule has 5 heteroatoms. The van der Waals surface area contributed by atoms with E-state index >= 15 is 0 Å². The first-order valence-electron chi connectivity index (χ1n) is 9.54. The van der Waals surface area contributed by atoms with E-state index in [0.717, 1.165) is 29.1 Å². The molecule has 0 radical (unpaired) electrons. The molecule has 1 amide bonds. The molecule has 3 N–H and O–H groups in total. The lowest BCUT2D eigenvalue weighted by Crippen LogP contribution is -2.28. The number of nitrogens with zero attached hydrogens (tertiary/aromatic N) is 2. The topological polar surface area (TPSA) is 72.9 Å². The average Bonchev–Trinajstić information content (AvgIpc) is 3.10. The standard InChI is InChI=1S/C23H28N4O/c1-16-5-11-19(12-6-16)27-15-20(21(26-27)23(2,3)4)22(28)25-14-13-17-7-9-18(24)10-8-17/h5-12,15H,13-14,24H2,1-4H3,(H,25,28). The highest BCUT2D eigenvalue weighted by molar-refractivity contribution is 5.95. The maximum atomic E-state index is 12.9. The van der Waals surface area contributed by atoms with Gasteiger partial charge in [-0.1, -0.05) is 50.6 Å². The predicted molar refractivity (Wildman–Crippen MR) is 114 cm³/mol. The molecule has 0 atom stereocenters. The zero-order chi connectivity index (χ0) is 20.3. The first kappa shape index (κ1) is 19.7. The summed E-state index contributed by atoms with van der Waals surface area (Å²) in [4.78, 5) is 12.9. The van der Waals surface area contributed by atoms with Crippen molar-refractivity contribution in [1.82, 2.24) is 15.1 Å². The molecule has 3 rings (SSSR count). The van der Waals surface area contributed by atoms with Crippen molar-refractivity contribution < 1.29 is 4.79 Å². The fourth-order valence-electron chi connectivity index (χ4n) is 3.02. The second-order valence-electron chi connectivity index (χ2n) is 8.17. The van der Waals surface area contributed by atoms with Crippen molar-refractivity contribution >= 4 is 11.6 Å². The average molecular weight is 377 g/mol. The van der Waals surface area contributed by atoms with E-state index in [1.54, 1.807) is 4.68 Å². The van der Waals surface area contributed by atoms with Gasteiger partial charge in [0.05, 0.1) is 16.9 Å². The Balaban J connectivity index is 1.78. The summed E-state index contributed by atoms with van der Waals surface area (Å²) in [6.07, 6.45) is 2.58. The summed E-state index contributed by atoms with van der Waals surface area (Å²) in [6, 6.07) is 15.8. The van der Waals surface area contributed by atoms with Gasteiger partial charge in [0.15, 0.2) is 0 Å². The summed E-state index contributed by atoms with van der Waals surface area (Å²) in [5.74, 6) is -0.0984. The Bertz CT molecular complexity index is 948. The van der Waals surface area contributed by atoms with Crippen LogP contribution in [-0.4, -0.2) is 22.2 Å². The third-order valence-corrected chi connectivity index (χ3v) is 4.65. The van der Waals surface area contributed by atoms with Crippen LogP contribution in [-0.2, 0) is 11.8 Å². The van der Waals surface area contributed by atoms with Gasteiger partial charge in [-0.05, 0) is 43.2 Å². The molecule has 0 aliphatic rings. The number of carbonyl (C=O) groups is 1. The van der Waals surface area contributed by atoms with Gasteiger partial charge in [0, 0.05) is 23.8 Å². The molecule has 0 saturated heterocycles. The summed E-state index contributed by atoms with van der Waals surface area (Å²) in [6.45, 7) is 8.81. The monoisotopic (exact) mass is 376 g/mol. The predicted octanol–water partition coefficient (Wildman–Crippen LogP) is 4.03. The highest BCUT2D eigenvalue weighted by atomic mass is 16.1. The SMILES string of the molecule is Cc1ccc(-n2cc(C(=O)NCCc3ccc(N)cc3)c(C(C)(C)C)n2)cc1. The molecule has 0 bridgehead atoms. The lowest BCUT2D eigenvalue weighted by Gasteiger charge is -2.17. The number of hydrogen-bond donors (Lipinski definition) is 2. The van der Waals surface area contributed by atoms with Crippen molar-refractivity contribution in [2.75, 3.05) is 12.3 Å². The zero-order valence-corrected chi connectivity index (χ0v) is 17.0. The van der Waals surface area contributed by atoms with Crippen molar-refractivity contribution in [2.45, 2.75) is 39.5 Å². The van der Waals surface area contributed by atoms with Crippen molar-refractivity contribution in [2.24, 2.45) is 0 Å². The van der Waals surface area contributed by atoms with Crippen LogP contribution in [0.2, 0.25) is 0 Å². The molecule has 0 aliphatic heterocycles. The Morgan fingerprint density at radius 2 is 1.71 bits per heavy atom. The second kappa shape index (κ2) is 7.89. The Labute approximate surface area is 166 Å². The quantitative estimate of drug-likeness (QED) is 0.660. The summed E-state index contributed by atoms with van der Waals surface area (Å²) >= 11 is 0. The van der Waals surface area contributed by atoms with Gasteiger partial charge in [-0.2, -0.15) is 5.10 Å². The van der Waals surface area contributed by atoms with E-state index in [1.165, 1.54) is 5.56 Å². The highest BCUT2D eigenvalue weighted by Crippen LogP contribution is 2.25. The van der Waals surface area contributed by atoms with Crippen molar-refractivity contribution in [1.29, 1.82) is 0 Å². The number of nitrogens with two attached hydrogens (primary N) is 1. The normalized spacial score (nSPS) is 11.4. The van der Waals surface area contributed by atoms with E-state index < -0.39 is 0 Å². The van der Waals surface area contributed by atoms with E-state index in [2.05, 4.69) is 26.1 Å². The lowest BCUT2D eigenvalue weighted by molar-refractivity contribution is 0.0952. The Morgan fingerprint density at radius 3 is 2.32 bits per heavy atom. The highest BCUT2D eigenvalue weighted by Gasteiger charge is 2.26. The number of carbonyl (C=O) groups excluding carboxylic acids is 1. The molecule has 0 spiro atoms. The fourth-order valence-corrected chi connectivity index (χ4v) is 3.02. The first-order valence-corrected chi connectivity index (χ1v) is 9.54. The minimum absolute atomic E-state index is 0.0984. The van der Waals surface area contributed by atoms with Gasteiger partial charge in [0.2, 0.25) is 0 Å².